The van der Waals surface area contributed by atoms with E-state index in [0.29, 0.717) is 17.8 Å². The van der Waals surface area contributed by atoms with Crippen LogP contribution in [0.3, 0.4) is 0 Å². The van der Waals surface area contributed by atoms with E-state index >= 15 is 0 Å². The number of nitrogens with two attached hydrogens (primary N) is 1. The van der Waals surface area contributed by atoms with Crippen LogP contribution in [-0.4, -0.2) is 41.5 Å². The fraction of sp³-hybridized carbons (Fsp3) is 0.462. The smallest absolute Gasteiger partial charge is 0.339 e. The summed E-state index contributed by atoms with van der Waals surface area (Å²) in [5.41, 5.74) is 6.42. The molecule has 2 heterocycles. The molecule has 2 rings (SSSR count). The van der Waals surface area contributed by atoms with Crippen LogP contribution >= 0.6 is 0 Å². The molecule has 2 N–H and O–H groups in total. The molecule has 1 atom stereocenters. The fourth-order valence-electron chi connectivity index (χ4n) is 2.39. The summed E-state index contributed by atoms with van der Waals surface area (Å²) in [6.45, 7) is 1.21. The largest absolute Gasteiger partial charge is 0.465 e. The summed E-state index contributed by atoms with van der Waals surface area (Å²) in [6.07, 6.45) is 3.31. The molecule has 0 spiro atoms. The number of carbonyl (C=O) groups excluding carboxylic acids is 2. The minimum Gasteiger partial charge on any atom is -0.465 e. The Morgan fingerprint density at radius 3 is 3.05 bits per heavy atom. The van der Waals surface area contributed by atoms with Crippen molar-refractivity contribution in [2.75, 3.05) is 13.7 Å². The molecule has 1 amide bonds. The van der Waals surface area contributed by atoms with Crippen LogP contribution in [0.25, 0.3) is 0 Å². The molecule has 0 radical (unpaired) electrons. The van der Waals surface area contributed by atoms with E-state index in [2.05, 4.69) is 4.98 Å². The number of primary amides is 1. The lowest BCUT2D eigenvalue weighted by Crippen LogP contribution is -2.40. The van der Waals surface area contributed by atoms with Crippen molar-refractivity contribution in [2.45, 2.75) is 25.4 Å². The van der Waals surface area contributed by atoms with Gasteiger partial charge in [-0.05, 0) is 31.5 Å². The van der Waals surface area contributed by atoms with Crippen molar-refractivity contribution in [1.82, 2.24) is 9.88 Å². The van der Waals surface area contributed by atoms with E-state index in [1.807, 2.05) is 4.90 Å². The van der Waals surface area contributed by atoms with Crippen LogP contribution in [-0.2, 0) is 16.1 Å². The molecular weight excluding hydrogens is 246 g/mol. The molecule has 1 saturated heterocycles. The number of likely N-dealkylation sites (tertiary alicyclic amines) is 1. The first kappa shape index (κ1) is 13.5. The van der Waals surface area contributed by atoms with Gasteiger partial charge in [0.1, 0.15) is 0 Å². The highest BCUT2D eigenvalue weighted by molar-refractivity contribution is 5.90. The average molecular weight is 263 g/mol. The molecule has 0 saturated carbocycles. The Labute approximate surface area is 111 Å². The van der Waals surface area contributed by atoms with Gasteiger partial charge in [-0.25, -0.2) is 4.79 Å². The second-order valence-corrected chi connectivity index (χ2v) is 4.52. The molecule has 6 nitrogen and oxygen atoms in total. The summed E-state index contributed by atoms with van der Waals surface area (Å²) in [6, 6.07) is 3.09. The molecule has 1 aromatic rings. The zero-order valence-corrected chi connectivity index (χ0v) is 10.8. The minimum atomic E-state index is -0.419. The third-order valence-corrected chi connectivity index (χ3v) is 3.34. The van der Waals surface area contributed by atoms with Crippen molar-refractivity contribution < 1.29 is 14.3 Å². The second-order valence-electron chi connectivity index (χ2n) is 4.52. The van der Waals surface area contributed by atoms with Crippen LogP contribution < -0.4 is 5.73 Å². The number of aromatic nitrogens is 1. The van der Waals surface area contributed by atoms with E-state index in [0.717, 1.165) is 19.4 Å². The minimum absolute atomic E-state index is 0.271. The van der Waals surface area contributed by atoms with Gasteiger partial charge in [0.15, 0.2) is 0 Å². The molecule has 102 valence electrons. The van der Waals surface area contributed by atoms with Gasteiger partial charge < -0.3 is 10.5 Å². The summed E-state index contributed by atoms with van der Waals surface area (Å²) in [4.78, 5) is 29.2. The molecule has 1 unspecified atom stereocenters. The van der Waals surface area contributed by atoms with Gasteiger partial charge in [-0.2, -0.15) is 0 Å². The number of hydrogen-bond acceptors (Lipinski definition) is 5. The van der Waals surface area contributed by atoms with Gasteiger partial charge in [-0.3, -0.25) is 14.7 Å². The maximum absolute atomic E-state index is 11.7. The number of methoxy groups -OCH3 is 1. The second kappa shape index (κ2) is 5.79. The number of pyridine rings is 1. The fourth-order valence-corrected chi connectivity index (χ4v) is 2.39. The van der Waals surface area contributed by atoms with Crippen LogP contribution in [0.2, 0.25) is 0 Å². The quantitative estimate of drug-likeness (QED) is 0.791. The molecule has 6 heteroatoms. The van der Waals surface area contributed by atoms with Crippen LogP contribution in [0.15, 0.2) is 18.3 Å². The van der Waals surface area contributed by atoms with E-state index in [4.69, 9.17) is 10.5 Å². The Morgan fingerprint density at radius 2 is 2.37 bits per heavy atom. The van der Waals surface area contributed by atoms with Gasteiger partial charge >= 0.3 is 5.97 Å². The molecule has 0 bridgehead atoms. The van der Waals surface area contributed by atoms with Crippen molar-refractivity contribution in [1.29, 1.82) is 0 Å². The molecule has 0 aliphatic carbocycles. The Hall–Kier alpha value is -1.95. The maximum Gasteiger partial charge on any atom is 0.339 e. The molecule has 1 aliphatic rings. The number of rotatable bonds is 4. The molecule has 1 fully saturated rings. The van der Waals surface area contributed by atoms with Gasteiger partial charge in [0.25, 0.3) is 0 Å². The van der Waals surface area contributed by atoms with Crippen molar-refractivity contribution >= 4 is 11.9 Å². The summed E-state index contributed by atoms with van der Waals surface area (Å²) in [5, 5.41) is 0. The van der Waals surface area contributed by atoms with E-state index in [9.17, 15) is 9.59 Å². The summed E-state index contributed by atoms with van der Waals surface area (Å²) >= 11 is 0. The highest BCUT2D eigenvalue weighted by Crippen LogP contribution is 2.20. The Balaban J connectivity index is 2.19. The zero-order valence-electron chi connectivity index (χ0n) is 10.8. The molecular formula is C13H17N3O3. The van der Waals surface area contributed by atoms with E-state index in [1.165, 1.54) is 7.11 Å². The standard InChI is InChI=1S/C13H17N3O3/c1-19-13(18)9-4-2-6-15-10(9)8-16-7-3-5-11(16)12(14)17/h2,4,6,11H,3,5,7-8H2,1H3,(H2,14,17). The molecule has 0 aromatic carbocycles. The monoisotopic (exact) mass is 263 g/mol. The first-order chi connectivity index (χ1) is 9.13. The average Bonchev–Trinajstić information content (AvgIpc) is 2.87. The first-order valence-electron chi connectivity index (χ1n) is 6.19. The lowest BCUT2D eigenvalue weighted by atomic mass is 10.1. The third-order valence-electron chi connectivity index (χ3n) is 3.34. The van der Waals surface area contributed by atoms with Crippen LogP contribution in [0, 0.1) is 0 Å². The number of carbonyl (C=O) groups is 2. The van der Waals surface area contributed by atoms with Crippen molar-refractivity contribution in [2.24, 2.45) is 5.73 Å². The van der Waals surface area contributed by atoms with Gasteiger partial charge in [0, 0.05) is 12.7 Å². The van der Waals surface area contributed by atoms with Crippen LogP contribution in [0.5, 0.6) is 0 Å². The predicted octanol–water partition coefficient (Wildman–Crippen LogP) is 0.318. The van der Waals surface area contributed by atoms with Crippen molar-refractivity contribution in [3.63, 3.8) is 0 Å². The Bertz CT molecular complexity index is 490. The van der Waals surface area contributed by atoms with E-state index in [-0.39, 0.29) is 11.9 Å². The zero-order chi connectivity index (χ0) is 13.8. The Morgan fingerprint density at radius 1 is 1.58 bits per heavy atom. The molecule has 1 aliphatic heterocycles. The van der Waals surface area contributed by atoms with Gasteiger partial charge in [-0.1, -0.05) is 0 Å². The van der Waals surface area contributed by atoms with E-state index in [1.54, 1.807) is 18.3 Å². The third kappa shape index (κ3) is 2.90. The number of esters is 1. The number of amides is 1. The number of hydrogen-bond donors (Lipinski definition) is 1. The lowest BCUT2D eigenvalue weighted by Gasteiger charge is -2.22. The van der Waals surface area contributed by atoms with Crippen molar-refractivity contribution in [3.05, 3.63) is 29.6 Å². The SMILES string of the molecule is COC(=O)c1cccnc1CN1CCCC1C(N)=O. The molecule has 1 aromatic heterocycles. The predicted molar refractivity (Wildman–Crippen MR) is 68.2 cm³/mol. The maximum atomic E-state index is 11.7. The summed E-state index contributed by atoms with van der Waals surface area (Å²) in [5.74, 6) is -0.744. The van der Waals surface area contributed by atoms with Crippen LogP contribution in [0.4, 0.5) is 0 Å². The Kier molecular flexibility index (Phi) is 4.11. The van der Waals surface area contributed by atoms with Gasteiger partial charge in [-0.15, -0.1) is 0 Å². The summed E-state index contributed by atoms with van der Waals surface area (Å²) < 4.78 is 4.73. The van der Waals surface area contributed by atoms with E-state index < -0.39 is 5.97 Å². The number of ether oxygens (including phenoxy) is 1. The lowest BCUT2D eigenvalue weighted by molar-refractivity contribution is -0.122. The van der Waals surface area contributed by atoms with Gasteiger partial charge in [0.05, 0.1) is 24.4 Å². The topological polar surface area (TPSA) is 85.5 Å². The highest BCUT2D eigenvalue weighted by Gasteiger charge is 2.30. The van der Waals surface area contributed by atoms with Gasteiger partial charge in [0.2, 0.25) is 5.91 Å². The molecule has 19 heavy (non-hydrogen) atoms. The summed E-state index contributed by atoms with van der Waals surface area (Å²) in [7, 11) is 1.33. The first-order valence-corrected chi connectivity index (χ1v) is 6.19. The number of nitrogens with zero attached hydrogens (tertiary/aromatic N) is 2. The van der Waals surface area contributed by atoms with Crippen molar-refractivity contribution in [3.8, 4) is 0 Å². The van der Waals surface area contributed by atoms with Crippen LogP contribution in [0.1, 0.15) is 28.9 Å². The highest BCUT2D eigenvalue weighted by atomic mass is 16.5. The normalized spacial score (nSPS) is 19.3.